The molecule has 3 rings (SSSR count). The molecule has 0 aliphatic carbocycles. The molecule has 118 valence electrons. The molecule has 0 unspecified atom stereocenters. The van der Waals surface area contributed by atoms with Crippen molar-refractivity contribution in [3.8, 4) is 23.0 Å². The first-order chi connectivity index (χ1) is 11.2. The minimum atomic E-state index is 0.193. The zero-order chi connectivity index (χ0) is 16.2. The molecule has 0 amide bonds. The lowest BCUT2D eigenvalue weighted by atomic mass is 10.1. The lowest BCUT2D eigenvalue weighted by Crippen LogP contribution is -1.98. The van der Waals surface area contributed by atoms with Gasteiger partial charge in [0.2, 0.25) is 5.89 Å². The highest BCUT2D eigenvalue weighted by Gasteiger charge is 2.12. The van der Waals surface area contributed by atoms with Crippen LogP contribution in [0.25, 0.3) is 11.5 Å². The van der Waals surface area contributed by atoms with Crippen LogP contribution in [0, 0.1) is 13.8 Å². The Morgan fingerprint density at radius 1 is 1.00 bits per heavy atom. The summed E-state index contributed by atoms with van der Waals surface area (Å²) in [6, 6.07) is 13.6. The number of hydrogen-bond acceptors (Lipinski definition) is 5. The maximum Gasteiger partial charge on any atom is 0.254 e. The number of nitrogens with zero attached hydrogens (tertiary/aromatic N) is 2. The van der Waals surface area contributed by atoms with E-state index in [9.17, 15) is 0 Å². The van der Waals surface area contributed by atoms with Gasteiger partial charge in [-0.25, -0.2) is 0 Å². The molecule has 0 atom stereocenters. The minimum absolute atomic E-state index is 0.193. The highest BCUT2D eigenvalue weighted by molar-refractivity contribution is 5.57. The van der Waals surface area contributed by atoms with Crippen LogP contribution >= 0.6 is 0 Å². The average Bonchev–Trinajstić information content (AvgIpc) is 3.02. The van der Waals surface area contributed by atoms with Gasteiger partial charge in [0.15, 0.2) is 18.1 Å². The van der Waals surface area contributed by atoms with E-state index in [1.165, 1.54) is 0 Å². The van der Waals surface area contributed by atoms with Crippen molar-refractivity contribution in [2.75, 3.05) is 7.11 Å². The number of ether oxygens (including phenoxy) is 2. The molecule has 2 aromatic carbocycles. The monoisotopic (exact) mass is 310 g/mol. The van der Waals surface area contributed by atoms with E-state index >= 15 is 0 Å². The fraction of sp³-hybridized carbons (Fsp3) is 0.222. The molecule has 0 spiro atoms. The molecule has 0 aliphatic rings. The van der Waals surface area contributed by atoms with Crippen molar-refractivity contribution < 1.29 is 13.9 Å². The Labute approximate surface area is 134 Å². The third-order valence-corrected chi connectivity index (χ3v) is 3.51. The van der Waals surface area contributed by atoms with Crippen molar-refractivity contribution in [2.24, 2.45) is 0 Å². The summed E-state index contributed by atoms with van der Waals surface area (Å²) in [6.07, 6.45) is 0. The molecule has 5 nitrogen and oxygen atoms in total. The molecule has 0 aliphatic heterocycles. The van der Waals surface area contributed by atoms with Gasteiger partial charge in [-0.1, -0.05) is 24.3 Å². The standard InChI is InChI=1S/C18H18N2O3/c1-12-8-9-15(16(10-12)21-3)22-11-17-19-20-18(23-17)14-7-5-4-6-13(14)2/h4-10H,11H2,1-3H3. The number of aryl methyl sites for hydroxylation is 2. The van der Waals surface area contributed by atoms with E-state index in [1.807, 2.05) is 56.3 Å². The summed E-state index contributed by atoms with van der Waals surface area (Å²) in [7, 11) is 1.62. The highest BCUT2D eigenvalue weighted by Crippen LogP contribution is 2.29. The van der Waals surface area contributed by atoms with Gasteiger partial charge in [-0.15, -0.1) is 10.2 Å². The molecule has 1 heterocycles. The lowest BCUT2D eigenvalue weighted by molar-refractivity contribution is 0.251. The van der Waals surface area contributed by atoms with Crippen LogP contribution in [0.15, 0.2) is 46.9 Å². The fourth-order valence-electron chi connectivity index (χ4n) is 2.27. The summed E-state index contributed by atoms with van der Waals surface area (Å²) in [5.41, 5.74) is 3.12. The predicted octanol–water partition coefficient (Wildman–Crippen LogP) is 3.94. The summed E-state index contributed by atoms with van der Waals surface area (Å²) < 4.78 is 16.7. The second-order valence-corrected chi connectivity index (χ2v) is 5.26. The first kappa shape index (κ1) is 15.1. The van der Waals surface area contributed by atoms with Crippen molar-refractivity contribution in [1.29, 1.82) is 0 Å². The van der Waals surface area contributed by atoms with Gasteiger partial charge in [-0.2, -0.15) is 0 Å². The topological polar surface area (TPSA) is 57.4 Å². The van der Waals surface area contributed by atoms with E-state index in [0.717, 1.165) is 16.7 Å². The first-order valence-corrected chi connectivity index (χ1v) is 7.33. The van der Waals surface area contributed by atoms with Gasteiger partial charge in [0.25, 0.3) is 5.89 Å². The van der Waals surface area contributed by atoms with E-state index < -0.39 is 0 Å². The molecule has 0 bridgehead atoms. The number of benzene rings is 2. The molecule has 0 fully saturated rings. The van der Waals surface area contributed by atoms with Gasteiger partial charge in [-0.3, -0.25) is 0 Å². The summed E-state index contributed by atoms with van der Waals surface area (Å²) >= 11 is 0. The zero-order valence-corrected chi connectivity index (χ0v) is 13.4. The van der Waals surface area contributed by atoms with Crippen LogP contribution < -0.4 is 9.47 Å². The van der Waals surface area contributed by atoms with Crippen molar-refractivity contribution >= 4 is 0 Å². The maximum atomic E-state index is 5.73. The highest BCUT2D eigenvalue weighted by atomic mass is 16.5. The van der Waals surface area contributed by atoms with Crippen LogP contribution in [0.5, 0.6) is 11.5 Å². The van der Waals surface area contributed by atoms with Crippen molar-refractivity contribution in [1.82, 2.24) is 10.2 Å². The Morgan fingerprint density at radius 2 is 1.83 bits per heavy atom. The Balaban J connectivity index is 1.74. The van der Waals surface area contributed by atoms with Gasteiger partial charge in [0.05, 0.1) is 7.11 Å². The van der Waals surface area contributed by atoms with E-state index in [1.54, 1.807) is 7.11 Å². The van der Waals surface area contributed by atoms with E-state index in [4.69, 9.17) is 13.9 Å². The molecule has 0 N–H and O–H groups in total. The summed E-state index contributed by atoms with van der Waals surface area (Å²) in [6.45, 7) is 4.20. The molecule has 0 saturated carbocycles. The number of methoxy groups -OCH3 is 1. The van der Waals surface area contributed by atoms with Crippen LogP contribution in [-0.2, 0) is 6.61 Å². The van der Waals surface area contributed by atoms with E-state index in [2.05, 4.69) is 10.2 Å². The SMILES string of the molecule is COc1cc(C)ccc1OCc1nnc(-c2ccccc2C)o1. The predicted molar refractivity (Wildman–Crippen MR) is 86.5 cm³/mol. The maximum absolute atomic E-state index is 5.73. The van der Waals surface area contributed by atoms with Crippen LogP contribution in [0.3, 0.4) is 0 Å². The summed E-state index contributed by atoms with van der Waals surface area (Å²) in [5, 5.41) is 8.13. The van der Waals surface area contributed by atoms with Gasteiger partial charge in [0, 0.05) is 5.56 Å². The molecule has 5 heteroatoms. The summed E-state index contributed by atoms with van der Waals surface area (Å²) in [4.78, 5) is 0. The molecule has 0 saturated heterocycles. The number of rotatable bonds is 5. The Bertz CT molecular complexity index is 812. The molecule has 1 aromatic heterocycles. The Hall–Kier alpha value is -2.82. The molecular weight excluding hydrogens is 292 g/mol. The molecule has 23 heavy (non-hydrogen) atoms. The zero-order valence-electron chi connectivity index (χ0n) is 13.4. The van der Waals surface area contributed by atoms with Crippen molar-refractivity contribution in [2.45, 2.75) is 20.5 Å². The number of hydrogen-bond donors (Lipinski definition) is 0. The van der Waals surface area contributed by atoms with E-state index in [-0.39, 0.29) is 6.61 Å². The van der Waals surface area contributed by atoms with Gasteiger partial charge in [0.1, 0.15) is 0 Å². The van der Waals surface area contributed by atoms with Crippen LogP contribution in [-0.4, -0.2) is 17.3 Å². The van der Waals surface area contributed by atoms with Crippen molar-refractivity contribution in [3.63, 3.8) is 0 Å². The quantitative estimate of drug-likeness (QED) is 0.714. The van der Waals surface area contributed by atoms with Crippen LogP contribution in [0.4, 0.5) is 0 Å². The Morgan fingerprint density at radius 3 is 2.61 bits per heavy atom. The summed E-state index contributed by atoms with van der Waals surface area (Å²) in [5.74, 6) is 2.25. The first-order valence-electron chi connectivity index (χ1n) is 7.33. The third kappa shape index (κ3) is 3.34. The van der Waals surface area contributed by atoms with Crippen LogP contribution in [0.2, 0.25) is 0 Å². The lowest BCUT2D eigenvalue weighted by Gasteiger charge is -2.09. The molecule has 3 aromatic rings. The fourth-order valence-corrected chi connectivity index (χ4v) is 2.27. The molecule has 0 radical (unpaired) electrons. The second kappa shape index (κ2) is 6.52. The smallest absolute Gasteiger partial charge is 0.254 e. The Kier molecular flexibility index (Phi) is 4.28. The molecular formula is C18H18N2O3. The number of aromatic nitrogens is 2. The van der Waals surface area contributed by atoms with Gasteiger partial charge in [-0.05, 0) is 43.2 Å². The van der Waals surface area contributed by atoms with Crippen molar-refractivity contribution in [3.05, 3.63) is 59.5 Å². The van der Waals surface area contributed by atoms with Crippen LogP contribution in [0.1, 0.15) is 17.0 Å². The van der Waals surface area contributed by atoms with Gasteiger partial charge < -0.3 is 13.9 Å². The third-order valence-electron chi connectivity index (χ3n) is 3.51. The largest absolute Gasteiger partial charge is 0.493 e. The van der Waals surface area contributed by atoms with Gasteiger partial charge >= 0.3 is 0 Å². The van der Waals surface area contributed by atoms with E-state index in [0.29, 0.717) is 23.3 Å². The average molecular weight is 310 g/mol. The second-order valence-electron chi connectivity index (χ2n) is 5.26. The minimum Gasteiger partial charge on any atom is -0.493 e. The normalized spacial score (nSPS) is 10.6.